The van der Waals surface area contributed by atoms with Gasteiger partial charge in [0.1, 0.15) is 18.3 Å². The molecule has 26 heavy (non-hydrogen) atoms. The van der Waals surface area contributed by atoms with Crippen LogP contribution in [0.4, 0.5) is 4.79 Å². The molecule has 0 aliphatic carbocycles. The quantitative estimate of drug-likeness (QED) is 0.411. The number of benzene rings is 1. The van der Waals surface area contributed by atoms with Gasteiger partial charge in [0.15, 0.2) is 0 Å². The first-order valence-corrected chi connectivity index (χ1v) is 9.91. The summed E-state index contributed by atoms with van der Waals surface area (Å²) in [6.45, 7) is 2.00. The van der Waals surface area contributed by atoms with Gasteiger partial charge in [-0.1, -0.05) is 25.1 Å². The summed E-state index contributed by atoms with van der Waals surface area (Å²) in [4.78, 5) is 34.1. The largest absolute Gasteiger partial charge is 0.447 e. The van der Waals surface area contributed by atoms with Crippen LogP contribution in [-0.2, 0) is 9.53 Å². The zero-order valence-electron chi connectivity index (χ0n) is 14.9. The van der Waals surface area contributed by atoms with Gasteiger partial charge >= 0.3 is 6.03 Å². The molecule has 1 aromatic carbocycles. The summed E-state index contributed by atoms with van der Waals surface area (Å²) in [5.41, 5.74) is 0. The summed E-state index contributed by atoms with van der Waals surface area (Å²) in [5.74, 6) is 0.748. The minimum absolute atomic E-state index is 0.0803. The Morgan fingerprint density at radius 2 is 2.19 bits per heavy atom. The van der Waals surface area contributed by atoms with E-state index in [0.29, 0.717) is 24.6 Å². The highest BCUT2D eigenvalue weighted by Gasteiger charge is 2.37. The molecule has 1 heterocycles. The number of para-hydroxylation sites is 1. The highest BCUT2D eigenvalue weighted by molar-refractivity contribution is 7.46. The summed E-state index contributed by atoms with van der Waals surface area (Å²) in [5, 5.41) is 2.55. The van der Waals surface area contributed by atoms with Crippen molar-refractivity contribution in [3.8, 4) is 5.75 Å². The van der Waals surface area contributed by atoms with Gasteiger partial charge in [-0.2, -0.15) is 0 Å². The maximum Gasteiger partial charge on any atom is 0.323 e. The van der Waals surface area contributed by atoms with Gasteiger partial charge in [-0.3, -0.25) is 9.69 Å². The normalized spacial score (nSPS) is 23.6. The Kier molecular flexibility index (Phi) is 8.04. The van der Waals surface area contributed by atoms with Crippen LogP contribution in [0.15, 0.2) is 42.6 Å². The van der Waals surface area contributed by atoms with E-state index in [1.54, 1.807) is 12.1 Å². The van der Waals surface area contributed by atoms with Gasteiger partial charge in [0, 0.05) is 25.3 Å². The van der Waals surface area contributed by atoms with Crippen LogP contribution in [-0.4, -0.2) is 47.7 Å². The van der Waals surface area contributed by atoms with Crippen molar-refractivity contribution in [2.45, 2.75) is 32.1 Å². The highest BCUT2D eigenvalue weighted by Crippen LogP contribution is 2.37. The van der Waals surface area contributed by atoms with Crippen molar-refractivity contribution < 1.29 is 23.7 Å². The minimum Gasteiger partial charge on any atom is -0.447 e. The molecule has 7 nitrogen and oxygen atoms in total. The molecule has 0 saturated carbocycles. The Morgan fingerprint density at radius 1 is 1.46 bits per heavy atom. The zero-order valence-corrected chi connectivity index (χ0v) is 15.8. The molecule has 1 fully saturated rings. The van der Waals surface area contributed by atoms with Crippen molar-refractivity contribution in [1.82, 2.24) is 10.2 Å². The van der Waals surface area contributed by atoms with Crippen LogP contribution in [0.3, 0.4) is 0 Å². The van der Waals surface area contributed by atoms with Crippen molar-refractivity contribution in [3.63, 3.8) is 0 Å². The monoisotopic (exact) mass is 380 g/mol. The van der Waals surface area contributed by atoms with Gasteiger partial charge in [-0.15, -0.1) is 0 Å². The van der Waals surface area contributed by atoms with E-state index in [9.17, 15) is 14.5 Å². The number of carbonyl (C=O) groups is 2. The van der Waals surface area contributed by atoms with Crippen LogP contribution in [0.25, 0.3) is 0 Å². The summed E-state index contributed by atoms with van der Waals surface area (Å²) in [6.07, 6.45) is 4.66. The number of carbonyl (C=O) groups excluding carboxylic acids is 2. The lowest BCUT2D eigenvalue weighted by Crippen LogP contribution is -2.43. The molecule has 2 rings (SSSR count). The fourth-order valence-corrected chi connectivity index (χ4v) is 3.84. The Hall–Kier alpha value is -1.95. The second-order valence-electron chi connectivity index (χ2n) is 6.07. The average molecular weight is 380 g/mol. The first kappa shape index (κ1) is 20.4. The SMILES string of the molecule is CNC(=O)N(/C=C\C=O)C1OC(CCP(O)Oc2ccccc2)CC1C. The zero-order chi connectivity index (χ0) is 18.9. The second-order valence-corrected chi connectivity index (χ2v) is 7.40. The average Bonchev–Trinajstić information content (AvgIpc) is 3.01. The fraction of sp³-hybridized carbons (Fsp3) is 0.444. The van der Waals surface area contributed by atoms with Gasteiger partial charge in [-0.25, -0.2) is 4.79 Å². The van der Waals surface area contributed by atoms with E-state index in [1.807, 2.05) is 25.1 Å². The number of aldehydes is 1. The molecule has 1 aliphatic rings. The predicted molar refractivity (Wildman–Crippen MR) is 99.6 cm³/mol. The number of nitrogens with zero attached hydrogens (tertiary/aromatic N) is 1. The Morgan fingerprint density at radius 3 is 2.85 bits per heavy atom. The molecule has 1 saturated heterocycles. The third-order valence-electron chi connectivity index (χ3n) is 4.10. The fourth-order valence-electron chi connectivity index (χ4n) is 2.87. The number of urea groups is 1. The first-order valence-electron chi connectivity index (χ1n) is 8.52. The van der Waals surface area contributed by atoms with Crippen molar-refractivity contribution in [1.29, 1.82) is 0 Å². The van der Waals surface area contributed by atoms with Gasteiger partial charge in [-0.05, 0) is 31.1 Å². The molecule has 1 aliphatic heterocycles. The van der Waals surface area contributed by atoms with E-state index < -0.39 is 14.6 Å². The van der Waals surface area contributed by atoms with Crippen LogP contribution >= 0.6 is 8.38 Å². The van der Waals surface area contributed by atoms with E-state index in [2.05, 4.69) is 5.32 Å². The lowest BCUT2D eigenvalue weighted by molar-refractivity contribution is -0.104. The Bertz CT molecular complexity index is 613. The number of rotatable bonds is 8. The topological polar surface area (TPSA) is 88.1 Å². The molecule has 142 valence electrons. The molecule has 2 N–H and O–H groups in total. The number of amides is 2. The van der Waals surface area contributed by atoms with Crippen molar-refractivity contribution >= 4 is 20.7 Å². The van der Waals surface area contributed by atoms with E-state index >= 15 is 0 Å². The molecular formula is C18H25N2O5P. The van der Waals surface area contributed by atoms with Crippen molar-refractivity contribution in [3.05, 3.63) is 42.6 Å². The molecule has 4 atom stereocenters. The van der Waals surface area contributed by atoms with E-state index in [0.717, 1.165) is 6.42 Å². The van der Waals surface area contributed by atoms with E-state index in [4.69, 9.17) is 9.26 Å². The second kappa shape index (κ2) is 10.3. The van der Waals surface area contributed by atoms with Crippen LogP contribution in [0.1, 0.15) is 19.8 Å². The van der Waals surface area contributed by atoms with Crippen molar-refractivity contribution in [2.75, 3.05) is 13.2 Å². The van der Waals surface area contributed by atoms with Gasteiger partial charge < -0.3 is 19.5 Å². The molecular weight excluding hydrogens is 355 g/mol. The molecule has 0 radical (unpaired) electrons. The lowest BCUT2D eigenvalue weighted by atomic mass is 10.0. The van der Waals surface area contributed by atoms with Crippen LogP contribution in [0.5, 0.6) is 5.75 Å². The molecule has 2 amide bonds. The smallest absolute Gasteiger partial charge is 0.323 e. The van der Waals surface area contributed by atoms with Crippen molar-refractivity contribution in [2.24, 2.45) is 5.92 Å². The number of allylic oxidation sites excluding steroid dienone is 1. The van der Waals surface area contributed by atoms with Crippen LogP contribution < -0.4 is 9.84 Å². The van der Waals surface area contributed by atoms with E-state index in [-0.39, 0.29) is 18.1 Å². The molecule has 4 unspecified atom stereocenters. The molecule has 0 aromatic heterocycles. The van der Waals surface area contributed by atoms with E-state index in [1.165, 1.54) is 24.2 Å². The standard InChI is InChI=1S/C18H25N2O5P/c1-14-13-16(9-12-26(23)25-15-7-4-3-5-8-15)24-17(14)20(10-6-11-21)18(22)19-2/h3-8,10-11,14,16-17,23H,9,12-13H2,1-2H3,(H,19,22)/b10-6-. The molecule has 8 heteroatoms. The maximum absolute atomic E-state index is 12.0. The minimum atomic E-state index is -1.57. The highest BCUT2D eigenvalue weighted by atomic mass is 31.2. The lowest BCUT2D eigenvalue weighted by Gasteiger charge is -2.27. The van der Waals surface area contributed by atoms with Crippen LogP contribution in [0, 0.1) is 5.92 Å². The number of nitrogens with one attached hydrogen (secondary N) is 1. The molecule has 0 spiro atoms. The number of hydrogen-bond donors (Lipinski definition) is 2. The predicted octanol–water partition coefficient (Wildman–Crippen LogP) is 2.86. The third kappa shape index (κ3) is 5.80. The Labute approximate surface area is 154 Å². The number of hydrogen-bond acceptors (Lipinski definition) is 5. The summed E-state index contributed by atoms with van der Waals surface area (Å²) in [7, 11) is -0.0461. The molecule has 0 bridgehead atoms. The third-order valence-corrected chi connectivity index (χ3v) is 5.16. The summed E-state index contributed by atoms with van der Waals surface area (Å²) >= 11 is 0. The summed E-state index contributed by atoms with van der Waals surface area (Å²) in [6, 6.07) is 8.86. The number of ether oxygens (including phenoxy) is 1. The molecule has 1 aromatic rings. The maximum atomic E-state index is 12.0. The van der Waals surface area contributed by atoms with Crippen LogP contribution in [0.2, 0.25) is 0 Å². The van der Waals surface area contributed by atoms with Gasteiger partial charge in [0.2, 0.25) is 8.38 Å². The Balaban J connectivity index is 1.87. The van der Waals surface area contributed by atoms with Gasteiger partial charge in [0.05, 0.1) is 6.10 Å². The first-order chi connectivity index (χ1) is 12.5. The van der Waals surface area contributed by atoms with Gasteiger partial charge in [0.25, 0.3) is 0 Å². The summed E-state index contributed by atoms with van der Waals surface area (Å²) < 4.78 is 11.5.